The average molecular weight is 353 g/mol. The van der Waals surface area contributed by atoms with Crippen molar-refractivity contribution in [1.29, 1.82) is 0 Å². The molecule has 3 rings (SSSR count). The van der Waals surface area contributed by atoms with Gasteiger partial charge in [-0.25, -0.2) is 4.39 Å². The molecule has 1 heterocycles. The molecule has 2 aromatic carbocycles. The van der Waals surface area contributed by atoms with E-state index in [1.54, 1.807) is 18.2 Å². The topological polar surface area (TPSA) is 61.4 Å². The third-order valence-corrected chi connectivity index (χ3v) is 4.13. The Balaban J connectivity index is 1.52. The lowest BCUT2D eigenvalue weighted by Crippen LogP contribution is -2.47. The number of piperazine rings is 1. The van der Waals surface area contributed by atoms with Crippen LogP contribution in [0.15, 0.2) is 54.6 Å². The van der Waals surface area contributed by atoms with Crippen LogP contribution < -0.4 is 15.5 Å². The monoisotopic (exact) mass is 353 g/mol. The molecule has 0 saturated carbocycles. The Morgan fingerprint density at radius 2 is 1.96 bits per heavy atom. The Kier molecular flexibility index (Phi) is 5.63. The summed E-state index contributed by atoms with van der Waals surface area (Å²) in [4.78, 5) is 25.3. The van der Waals surface area contributed by atoms with Crippen LogP contribution in [0.3, 0.4) is 0 Å². The van der Waals surface area contributed by atoms with Crippen LogP contribution in [0, 0.1) is 5.82 Å². The van der Waals surface area contributed by atoms with E-state index in [0.29, 0.717) is 25.2 Å². The van der Waals surface area contributed by atoms with E-state index in [2.05, 4.69) is 10.6 Å². The fraction of sp³-hybridized carbons (Fsp3) is 0.200. The smallest absolute Gasteiger partial charge is 0.244 e. The van der Waals surface area contributed by atoms with E-state index < -0.39 is 0 Å². The maximum absolute atomic E-state index is 13.5. The van der Waals surface area contributed by atoms with Gasteiger partial charge in [0.2, 0.25) is 11.8 Å². The molecule has 1 aliphatic heterocycles. The molecule has 5 nitrogen and oxygen atoms in total. The summed E-state index contributed by atoms with van der Waals surface area (Å²) in [6.45, 7) is 2.16. The minimum absolute atomic E-state index is 0.0224. The molecule has 0 spiro atoms. The van der Waals surface area contributed by atoms with Gasteiger partial charge in [-0.15, -0.1) is 0 Å². The van der Waals surface area contributed by atoms with Crippen LogP contribution in [0.1, 0.15) is 11.1 Å². The second-order valence-corrected chi connectivity index (χ2v) is 6.01. The quantitative estimate of drug-likeness (QED) is 0.809. The number of amides is 2. The number of carbonyl (C=O) groups excluding carboxylic acids is 2. The normalized spacial score (nSPS) is 14.3. The average Bonchev–Trinajstić information content (AvgIpc) is 2.66. The Labute approximate surface area is 151 Å². The lowest BCUT2D eigenvalue weighted by atomic mass is 10.1. The predicted octanol–water partition coefficient (Wildman–Crippen LogP) is 2.09. The molecular weight excluding hydrogens is 333 g/mol. The maximum Gasteiger partial charge on any atom is 0.244 e. The Morgan fingerprint density at radius 3 is 2.69 bits per heavy atom. The summed E-state index contributed by atoms with van der Waals surface area (Å²) in [5, 5.41) is 5.56. The molecule has 1 saturated heterocycles. The minimum Gasteiger partial charge on any atom is -0.360 e. The predicted molar refractivity (Wildman–Crippen MR) is 98.9 cm³/mol. The van der Waals surface area contributed by atoms with Crippen molar-refractivity contribution >= 4 is 23.6 Å². The molecule has 1 aliphatic rings. The van der Waals surface area contributed by atoms with E-state index in [1.807, 2.05) is 29.2 Å². The van der Waals surface area contributed by atoms with Gasteiger partial charge in [0.05, 0.1) is 6.54 Å². The number of benzene rings is 2. The van der Waals surface area contributed by atoms with Crippen molar-refractivity contribution in [2.75, 3.05) is 24.5 Å². The van der Waals surface area contributed by atoms with Crippen LogP contribution in [0.2, 0.25) is 0 Å². The lowest BCUT2D eigenvalue weighted by molar-refractivity contribution is -0.120. The van der Waals surface area contributed by atoms with Crippen LogP contribution in [-0.4, -0.2) is 31.4 Å². The Bertz CT molecular complexity index is 818. The van der Waals surface area contributed by atoms with E-state index in [4.69, 9.17) is 0 Å². The number of nitrogens with one attached hydrogen (secondary N) is 2. The number of nitrogens with zero attached hydrogens (tertiary/aromatic N) is 1. The second kappa shape index (κ2) is 8.29. The third kappa shape index (κ3) is 4.69. The summed E-state index contributed by atoms with van der Waals surface area (Å²) in [6, 6.07) is 14.0. The van der Waals surface area contributed by atoms with Gasteiger partial charge in [-0.3, -0.25) is 9.59 Å². The molecule has 6 heteroatoms. The van der Waals surface area contributed by atoms with Crippen molar-refractivity contribution in [3.8, 4) is 0 Å². The molecule has 26 heavy (non-hydrogen) atoms. The van der Waals surface area contributed by atoms with Gasteiger partial charge < -0.3 is 15.5 Å². The number of halogens is 1. The fourth-order valence-corrected chi connectivity index (χ4v) is 2.71. The molecule has 134 valence electrons. The van der Waals surface area contributed by atoms with Crippen molar-refractivity contribution in [2.45, 2.75) is 6.54 Å². The highest BCUT2D eigenvalue weighted by molar-refractivity contribution is 5.91. The standard InChI is InChI=1S/C20H20FN3O2/c21-18-4-2-1-3-16(18)7-10-19(25)23-13-15-5-8-17(9-6-15)24-12-11-22-20(26)14-24/h1-10H,11-14H2,(H,22,26)(H,23,25)/b10-7+. The highest BCUT2D eigenvalue weighted by Crippen LogP contribution is 2.16. The summed E-state index contributed by atoms with van der Waals surface area (Å²) in [6.07, 6.45) is 2.77. The first kappa shape index (κ1) is 17.7. The number of hydrogen-bond acceptors (Lipinski definition) is 3. The first-order valence-corrected chi connectivity index (χ1v) is 8.43. The molecule has 0 bridgehead atoms. The van der Waals surface area contributed by atoms with Crippen molar-refractivity contribution in [3.63, 3.8) is 0 Å². The summed E-state index contributed by atoms with van der Waals surface area (Å²) >= 11 is 0. The van der Waals surface area contributed by atoms with Crippen LogP contribution in [0.25, 0.3) is 6.08 Å². The lowest BCUT2D eigenvalue weighted by Gasteiger charge is -2.28. The van der Waals surface area contributed by atoms with E-state index in [1.165, 1.54) is 18.2 Å². The molecule has 2 N–H and O–H groups in total. The van der Waals surface area contributed by atoms with Gasteiger partial charge in [-0.05, 0) is 29.8 Å². The maximum atomic E-state index is 13.5. The molecule has 2 aromatic rings. The summed E-state index contributed by atoms with van der Waals surface area (Å²) in [7, 11) is 0. The van der Waals surface area contributed by atoms with E-state index in [0.717, 1.165) is 17.8 Å². The van der Waals surface area contributed by atoms with Crippen molar-refractivity contribution in [2.24, 2.45) is 0 Å². The molecule has 1 fully saturated rings. The molecule has 0 unspecified atom stereocenters. The Morgan fingerprint density at radius 1 is 1.19 bits per heavy atom. The van der Waals surface area contributed by atoms with Gasteiger partial charge in [-0.2, -0.15) is 0 Å². The van der Waals surface area contributed by atoms with Crippen molar-refractivity contribution in [1.82, 2.24) is 10.6 Å². The number of carbonyl (C=O) groups is 2. The van der Waals surface area contributed by atoms with Crippen molar-refractivity contribution in [3.05, 3.63) is 71.6 Å². The highest BCUT2D eigenvalue weighted by atomic mass is 19.1. The largest absolute Gasteiger partial charge is 0.360 e. The molecular formula is C20H20FN3O2. The molecule has 0 aromatic heterocycles. The van der Waals surface area contributed by atoms with Gasteiger partial charge in [0, 0.05) is 37.0 Å². The van der Waals surface area contributed by atoms with Gasteiger partial charge in [0.25, 0.3) is 0 Å². The van der Waals surface area contributed by atoms with Crippen molar-refractivity contribution < 1.29 is 14.0 Å². The molecule has 0 aliphatic carbocycles. The second-order valence-electron chi connectivity index (χ2n) is 6.01. The third-order valence-electron chi connectivity index (χ3n) is 4.13. The number of hydrogen-bond donors (Lipinski definition) is 2. The summed E-state index contributed by atoms with van der Waals surface area (Å²) in [5.41, 5.74) is 2.30. The zero-order valence-electron chi connectivity index (χ0n) is 14.2. The number of rotatable bonds is 5. The Hall–Kier alpha value is -3.15. The van der Waals surface area contributed by atoms with Crippen LogP contribution in [-0.2, 0) is 16.1 Å². The molecule has 0 radical (unpaired) electrons. The summed E-state index contributed by atoms with van der Waals surface area (Å²) < 4.78 is 13.5. The van der Waals surface area contributed by atoms with Gasteiger partial charge in [0.15, 0.2) is 0 Å². The highest BCUT2D eigenvalue weighted by Gasteiger charge is 2.16. The SMILES string of the molecule is O=C(/C=C/c1ccccc1F)NCc1ccc(N2CCNC(=O)C2)cc1. The van der Waals surface area contributed by atoms with E-state index >= 15 is 0 Å². The van der Waals surface area contributed by atoms with Gasteiger partial charge in [-0.1, -0.05) is 30.3 Å². The van der Waals surface area contributed by atoms with Crippen LogP contribution in [0.5, 0.6) is 0 Å². The van der Waals surface area contributed by atoms with E-state index in [9.17, 15) is 14.0 Å². The van der Waals surface area contributed by atoms with Gasteiger partial charge in [0.1, 0.15) is 5.82 Å². The molecule has 0 atom stereocenters. The van der Waals surface area contributed by atoms with Crippen LogP contribution >= 0.6 is 0 Å². The minimum atomic E-state index is -0.362. The first-order chi connectivity index (χ1) is 12.6. The summed E-state index contributed by atoms with van der Waals surface area (Å²) in [5.74, 6) is -0.627. The number of anilines is 1. The fourth-order valence-electron chi connectivity index (χ4n) is 2.71. The zero-order valence-corrected chi connectivity index (χ0v) is 14.2. The van der Waals surface area contributed by atoms with Crippen LogP contribution in [0.4, 0.5) is 10.1 Å². The van der Waals surface area contributed by atoms with E-state index in [-0.39, 0.29) is 17.6 Å². The molecule has 2 amide bonds. The van der Waals surface area contributed by atoms with Gasteiger partial charge >= 0.3 is 0 Å². The zero-order chi connectivity index (χ0) is 18.4. The first-order valence-electron chi connectivity index (χ1n) is 8.43.